The smallest absolute Gasteiger partial charge is 0.242 e. The standard InChI is InChI=1S/C29H40ClN3O5S/c1-4-7-8-12-18-32-28(35)17-19-33(29(36)21-31-23-34)22-27(20-24-13-10-9-11-14-24)39(37,38)26(6-3)16-15-25(30)5-2/h4,7-16,23,27H,5-6,17-22H2,1-3H3,(H,31,34)(H,32,35)/b7-4-,12-8-,25-15+,26-16+. The van der Waals surface area contributed by atoms with Gasteiger partial charge in [-0.25, -0.2) is 8.42 Å². The van der Waals surface area contributed by atoms with Crippen LogP contribution in [-0.2, 0) is 30.6 Å². The molecule has 10 heteroatoms. The van der Waals surface area contributed by atoms with Gasteiger partial charge in [-0.05, 0) is 43.9 Å². The molecule has 0 heterocycles. The Morgan fingerprint density at radius 2 is 1.79 bits per heavy atom. The Morgan fingerprint density at radius 3 is 2.41 bits per heavy atom. The number of nitrogens with one attached hydrogen (secondary N) is 2. The van der Waals surface area contributed by atoms with Gasteiger partial charge in [-0.3, -0.25) is 14.4 Å². The van der Waals surface area contributed by atoms with E-state index in [0.717, 1.165) is 5.56 Å². The Morgan fingerprint density at radius 1 is 1.08 bits per heavy atom. The Hall–Kier alpha value is -3.17. The highest BCUT2D eigenvalue weighted by atomic mass is 35.5. The monoisotopic (exact) mass is 577 g/mol. The normalized spacial score (nSPS) is 13.4. The van der Waals surface area contributed by atoms with E-state index in [0.29, 0.717) is 24.4 Å². The molecule has 1 atom stereocenters. The summed E-state index contributed by atoms with van der Waals surface area (Å²) in [6.45, 7) is 5.38. The summed E-state index contributed by atoms with van der Waals surface area (Å²) < 4.78 is 27.7. The number of carbonyl (C=O) groups excluding carboxylic acids is 3. The molecule has 0 aliphatic heterocycles. The molecule has 1 rings (SSSR count). The highest BCUT2D eigenvalue weighted by Crippen LogP contribution is 2.23. The summed E-state index contributed by atoms with van der Waals surface area (Å²) in [5, 5.41) is 4.63. The maximum atomic E-state index is 13.9. The Bertz CT molecular complexity index is 1140. The first-order valence-electron chi connectivity index (χ1n) is 13.0. The van der Waals surface area contributed by atoms with E-state index in [-0.39, 0.29) is 49.7 Å². The molecule has 0 saturated carbocycles. The second kappa shape index (κ2) is 19.0. The summed E-state index contributed by atoms with van der Waals surface area (Å²) in [6.07, 6.45) is 11.8. The van der Waals surface area contributed by atoms with Gasteiger partial charge >= 0.3 is 0 Å². The molecule has 0 radical (unpaired) electrons. The van der Waals surface area contributed by atoms with Crippen LogP contribution in [0.1, 0.15) is 45.6 Å². The second-order valence-corrected chi connectivity index (χ2v) is 11.4. The number of hydrogen-bond donors (Lipinski definition) is 2. The molecule has 0 aliphatic carbocycles. The summed E-state index contributed by atoms with van der Waals surface area (Å²) in [5.41, 5.74) is 0.799. The maximum absolute atomic E-state index is 13.9. The minimum Gasteiger partial charge on any atom is -0.353 e. The van der Waals surface area contributed by atoms with Crippen molar-refractivity contribution in [3.8, 4) is 0 Å². The zero-order valence-electron chi connectivity index (χ0n) is 22.9. The van der Waals surface area contributed by atoms with Crippen molar-refractivity contribution in [3.05, 3.63) is 82.3 Å². The van der Waals surface area contributed by atoms with Crippen LogP contribution in [0.15, 0.2) is 76.7 Å². The fourth-order valence-corrected chi connectivity index (χ4v) is 5.58. The molecule has 0 aliphatic rings. The summed E-state index contributed by atoms with van der Waals surface area (Å²) in [7, 11) is -3.87. The molecule has 8 nitrogen and oxygen atoms in total. The van der Waals surface area contributed by atoms with Gasteiger partial charge in [-0.15, -0.1) is 0 Å². The lowest BCUT2D eigenvalue weighted by molar-refractivity contribution is -0.132. The minimum absolute atomic E-state index is 0.00265. The second-order valence-electron chi connectivity index (χ2n) is 8.66. The van der Waals surface area contributed by atoms with Crippen LogP contribution in [0.25, 0.3) is 0 Å². The summed E-state index contributed by atoms with van der Waals surface area (Å²) >= 11 is 6.12. The topological polar surface area (TPSA) is 113 Å². The molecule has 1 unspecified atom stereocenters. The van der Waals surface area contributed by atoms with E-state index in [4.69, 9.17) is 11.6 Å². The molecule has 3 amide bonds. The fraction of sp³-hybridized carbons (Fsp3) is 0.414. The van der Waals surface area contributed by atoms with Crippen LogP contribution in [0.2, 0.25) is 0 Å². The van der Waals surface area contributed by atoms with Gasteiger partial charge in [0.15, 0.2) is 9.84 Å². The van der Waals surface area contributed by atoms with Crippen LogP contribution in [-0.4, -0.2) is 63.0 Å². The molecule has 0 spiro atoms. The van der Waals surface area contributed by atoms with Gasteiger partial charge < -0.3 is 15.5 Å². The third-order valence-electron chi connectivity index (χ3n) is 5.83. The lowest BCUT2D eigenvalue weighted by Gasteiger charge is -2.28. The quantitative estimate of drug-likeness (QED) is 0.202. The van der Waals surface area contributed by atoms with Crippen molar-refractivity contribution in [2.75, 3.05) is 26.2 Å². The van der Waals surface area contributed by atoms with Crippen LogP contribution in [0, 0.1) is 0 Å². The van der Waals surface area contributed by atoms with Crippen LogP contribution in [0.4, 0.5) is 0 Å². The van der Waals surface area contributed by atoms with Crippen LogP contribution >= 0.6 is 11.6 Å². The predicted molar refractivity (Wildman–Crippen MR) is 158 cm³/mol. The van der Waals surface area contributed by atoms with Gasteiger partial charge in [0.25, 0.3) is 0 Å². The largest absolute Gasteiger partial charge is 0.353 e. The average molecular weight is 578 g/mol. The molecule has 39 heavy (non-hydrogen) atoms. The number of halogens is 1. The van der Waals surface area contributed by atoms with E-state index < -0.39 is 21.0 Å². The van der Waals surface area contributed by atoms with E-state index in [9.17, 15) is 22.8 Å². The lowest BCUT2D eigenvalue weighted by Crippen LogP contribution is -2.46. The number of carbonyl (C=O) groups is 3. The van der Waals surface area contributed by atoms with Gasteiger partial charge in [0.05, 0.1) is 11.8 Å². The first kappa shape index (κ1) is 33.9. The molecule has 0 saturated heterocycles. The number of amides is 3. The summed E-state index contributed by atoms with van der Waals surface area (Å²) in [5.74, 6) is -0.760. The maximum Gasteiger partial charge on any atom is 0.242 e. The molecular formula is C29H40ClN3O5S. The number of hydrogen-bond acceptors (Lipinski definition) is 5. The van der Waals surface area contributed by atoms with Crippen molar-refractivity contribution in [3.63, 3.8) is 0 Å². The molecule has 0 aromatic heterocycles. The highest BCUT2D eigenvalue weighted by Gasteiger charge is 2.32. The third-order valence-corrected chi connectivity index (χ3v) is 8.57. The van der Waals surface area contributed by atoms with Crippen molar-refractivity contribution < 1.29 is 22.8 Å². The van der Waals surface area contributed by atoms with Gasteiger partial charge in [0, 0.05) is 36.0 Å². The molecule has 1 aromatic rings. The third kappa shape index (κ3) is 13.0. The fourth-order valence-electron chi connectivity index (χ4n) is 3.64. The molecule has 2 N–H and O–H groups in total. The number of sulfone groups is 1. The Balaban J connectivity index is 3.28. The lowest BCUT2D eigenvalue weighted by atomic mass is 10.1. The highest BCUT2D eigenvalue weighted by molar-refractivity contribution is 7.95. The van der Waals surface area contributed by atoms with E-state index >= 15 is 0 Å². The van der Waals surface area contributed by atoms with Crippen molar-refractivity contribution in [1.82, 2.24) is 15.5 Å². The molecule has 214 valence electrons. The van der Waals surface area contributed by atoms with Crippen LogP contribution < -0.4 is 10.6 Å². The van der Waals surface area contributed by atoms with E-state index in [1.165, 1.54) is 11.0 Å². The first-order chi connectivity index (χ1) is 18.7. The Labute approximate surface area is 237 Å². The van der Waals surface area contributed by atoms with Gasteiger partial charge in [0.1, 0.15) is 0 Å². The number of rotatable bonds is 18. The number of benzene rings is 1. The zero-order chi connectivity index (χ0) is 29.1. The molecule has 1 aromatic carbocycles. The SMILES string of the molecule is C/C=C\C=C/CNC(=O)CCN(CC(Cc1ccccc1)S(=O)(=O)/C(=C/C=C(/Cl)CC)CC)C(=O)CNC=O. The van der Waals surface area contributed by atoms with E-state index in [1.807, 2.05) is 62.4 Å². The minimum atomic E-state index is -3.87. The molecular weight excluding hydrogens is 538 g/mol. The zero-order valence-corrected chi connectivity index (χ0v) is 24.5. The van der Waals surface area contributed by atoms with Gasteiger partial charge in [0.2, 0.25) is 18.2 Å². The number of nitrogens with zero attached hydrogens (tertiary/aromatic N) is 1. The predicted octanol–water partition coefficient (Wildman–Crippen LogP) is 4.05. The average Bonchev–Trinajstić information content (AvgIpc) is 2.93. The van der Waals surface area contributed by atoms with E-state index in [2.05, 4.69) is 10.6 Å². The summed E-state index contributed by atoms with van der Waals surface area (Å²) in [6, 6.07) is 9.16. The van der Waals surface area contributed by atoms with Crippen molar-refractivity contribution in [2.24, 2.45) is 0 Å². The first-order valence-corrected chi connectivity index (χ1v) is 14.9. The Kier molecular flexibility index (Phi) is 16.5. The van der Waals surface area contributed by atoms with E-state index in [1.54, 1.807) is 19.1 Å². The summed E-state index contributed by atoms with van der Waals surface area (Å²) in [4.78, 5) is 37.7. The molecule has 0 bridgehead atoms. The van der Waals surface area contributed by atoms with Gasteiger partial charge in [-0.2, -0.15) is 0 Å². The van der Waals surface area contributed by atoms with Crippen molar-refractivity contribution in [1.29, 1.82) is 0 Å². The van der Waals surface area contributed by atoms with Crippen molar-refractivity contribution >= 4 is 39.7 Å². The van der Waals surface area contributed by atoms with Crippen molar-refractivity contribution in [2.45, 2.75) is 51.7 Å². The number of allylic oxidation sites excluding steroid dienone is 7. The molecule has 0 fully saturated rings. The van der Waals surface area contributed by atoms with Crippen LogP contribution in [0.3, 0.4) is 0 Å². The van der Waals surface area contributed by atoms with Crippen LogP contribution in [0.5, 0.6) is 0 Å². The van der Waals surface area contributed by atoms with Gasteiger partial charge in [-0.1, -0.05) is 80.1 Å².